The second-order valence-electron chi connectivity index (χ2n) is 6.79. The summed E-state index contributed by atoms with van der Waals surface area (Å²) in [5.74, 6) is 0.520. The molecule has 0 atom stereocenters. The van der Waals surface area contributed by atoms with Gasteiger partial charge in [0.15, 0.2) is 5.82 Å². The van der Waals surface area contributed by atoms with Crippen LogP contribution in [0.15, 0.2) is 42.7 Å². The molecule has 0 saturated carbocycles. The van der Waals surface area contributed by atoms with Gasteiger partial charge >= 0.3 is 0 Å². The number of likely N-dealkylation sites (tertiary alicyclic amines) is 1. The summed E-state index contributed by atoms with van der Waals surface area (Å²) in [5, 5.41) is 22.8. The molecule has 1 aliphatic heterocycles. The van der Waals surface area contributed by atoms with Gasteiger partial charge in [-0.3, -0.25) is 4.68 Å². The molecular formula is C19H22N6O. The van der Waals surface area contributed by atoms with Crippen LogP contribution in [-0.2, 0) is 0 Å². The molecule has 7 nitrogen and oxygen atoms in total. The first kappa shape index (κ1) is 16.5. The lowest BCUT2D eigenvalue weighted by Gasteiger charge is -2.28. The lowest BCUT2D eigenvalue weighted by atomic mass is 10.0. The van der Waals surface area contributed by atoms with Crippen LogP contribution in [0, 0.1) is 0 Å². The Labute approximate surface area is 152 Å². The van der Waals surface area contributed by atoms with Gasteiger partial charge < -0.3 is 15.7 Å². The highest BCUT2D eigenvalue weighted by Crippen LogP contribution is 2.32. The first-order valence-electron chi connectivity index (χ1n) is 8.76. The van der Waals surface area contributed by atoms with Gasteiger partial charge in [0, 0.05) is 22.9 Å². The highest BCUT2D eigenvalue weighted by molar-refractivity contribution is 5.78. The fraction of sp³-hybridized carbons (Fsp3) is 0.316. The number of nitrogens with two attached hydrogens (primary N) is 1. The maximum atomic E-state index is 10.1. The Morgan fingerprint density at radius 2 is 1.88 bits per heavy atom. The average Bonchev–Trinajstić information content (AvgIpc) is 3.13. The Kier molecular flexibility index (Phi) is 4.30. The van der Waals surface area contributed by atoms with Gasteiger partial charge in [-0.05, 0) is 51.2 Å². The number of nitrogens with zero attached hydrogens (tertiary/aromatic N) is 5. The van der Waals surface area contributed by atoms with E-state index in [1.807, 2.05) is 29.2 Å². The summed E-state index contributed by atoms with van der Waals surface area (Å²) in [6.07, 6.45) is 6.02. The number of hydrogen-bond acceptors (Lipinski definition) is 6. The molecule has 1 fully saturated rings. The van der Waals surface area contributed by atoms with E-state index in [-0.39, 0.29) is 5.75 Å². The molecule has 0 unspecified atom stereocenters. The number of nitrogen functional groups attached to an aromatic ring is 1. The van der Waals surface area contributed by atoms with Gasteiger partial charge in [0.25, 0.3) is 0 Å². The quantitative estimate of drug-likeness (QED) is 0.754. The van der Waals surface area contributed by atoms with E-state index >= 15 is 0 Å². The van der Waals surface area contributed by atoms with Crippen LogP contribution in [0.2, 0.25) is 0 Å². The van der Waals surface area contributed by atoms with E-state index in [2.05, 4.69) is 27.2 Å². The van der Waals surface area contributed by atoms with Crippen molar-refractivity contribution in [3.63, 3.8) is 0 Å². The van der Waals surface area contributed by atoms with E-state index in [9.17, 15) is 5.11 Å². The van der Waals surface area contributed by atoms with Crippen molar-refractivity contribution < 1.29 is 5.11 Å². The molecular weight excluding hydrogens is 328 g/mol. The van der Waals surface area contributed by atoms with Gasteiger partial charge in [0.1, 0.15) is 5.75 Å². The van der Waals surface area contributed by atoms with Crippen molar-refractivity contribution in [2.24, 2.45) is 0 Å². The van der Waals surface area contributed by atoms with Crippen molar-refractivity contribution in [1.29, 1.82) is 0 Å². The third-order valence-corrected chi connectivity index (χ3v) is 4.98. The van der Waals surface area contributed by atoms with Crippen LogP contribution >= 0.6 is 0 Å². The largest absolute Gasteiger partial charge is 0.507 e. The monoisotopic (exact) mass is 350 g/mol. The summed E-state index contributed by atoms with van der Waals surface area (Å²) in [5.41, 5.74) is 8.96. The Morgan fingerprint density at radius 1 is 1.12 bits per heavy atom. The molecule has 4 rings (SSSR count). The van der Waals surface area contributed by atoms with Gasteiger partial charge in [-0.25, -0.2) is 0 Å². The van der Waals surface area contributed by atoms with Gasteiger partial charge in [-0.2, -0.15) is 5.10 Å². The molecule has 7 heteroatoms. The molecule has 1 aliphatic rings. The molecule has 3 aromatic rings. The lowest BCUT2D eigenvalue weighted by molar-refractivity contribution is 0.212. The Hall–Kier alpha value is -2.93. The molecule has 3 heterocycles. The molecule has 26 heavy (non-hydrogen) atoms. The number of piperidine rings is 1. The Morgan fingerprint density at radius 3 is 2.65 bits per heavy atom. The molecule has 1 aromatic carbocycles. The topological polar surface area (TPSA) is 93.1 Å². The molecule has 0 amide bonds. The zero-order chi connectivity index (χ0) is 18.1. The van der Waals surface area contributed by atoms with E-state index in [4.69, 9.17) is 5.73 Å². The number of phenols is 1. The summed E-state index contributed by atoms with van der Waals surface area (Å²) >= 11 is 0. The van der Waals surface area contributed by atoms with Crippen molar-refractivity contribution in [2.75, 3.05) is 25.9 Å². The first-order chi connectivity index (χ1) is 12.6. The zero-order valence-corrected chi connectivity index (χ0v) is 14.7. The summed E-state index contributed by atoms with van der Waals surface area (Å²) in [7, 11) is 2.15. The molecule has 0 radical (unpaired) electrons. The maximum Gasteiger partial charge on any atom is 0.154 e. The van der Waals surface area contributed by atoms with Crippen molar-refractivity contribution in [3.05, 3.63) is 42.7 Å². The van der Waals surface area contributed by atoms with Crippen LogP contribution in [0.1, 0.15) is 18.9 Å². The molecule has 1 saturated heterocycles. The van der Waals surface area contributed by atoms with Crippen LogP contribution in [0.4, 0.5) is 5.82 Å². The van der Waals surface area contributed by atoms with E-state index in [1.54, 1.807) is 18.2 Å². The third kappa shape index (κ3) is 3.13. The van der Waals surface area contributed by atoms with Crippen LogP contribution < -0.4 is 5.73 Å². The third-order valence-electron chi connectivity index (χ3n) is 4.98. The Balaban J connectivity index is 1.66. The minimum atomic E-state index is 0.166. The average molecular weight is 350 g/mol. The number of benzene rings is 1. The number of para-hydroxylation sites is 1. The fourth-order valence-corrected chi connectivity index (χ4v) is 3.39. The minimum Gasteiger partial charge on any atom is -0.507 e. The summed E-state index contributed by atoms with van der Waals surface area (Å²) in [6.45, 7) is 2.16. The van der Waals surface area contributed by atoms with Crippen LogP contribution in [-0.4, -0.2) is 50.1 Å². The van der Waals surface area contributed by atoms with E-state index in [0.717, 1.165) is 37.1 Å². The number of aromatic nitrogens is 4. The van der Waals surface area contributed by atoms with Crippen molar-refractivity contribution in [2.45, 2.75) is 18.9 Å². The molecule has 2 aromatic heterocycles. The Bertz CT molecular complexity index is 914. The maximum absolute atomic E-state index is 10.1. The predicted octanol–water partition coefficient (Wildman–Crippen LogP) is 2.56. The molecule has 0 spiro atoms. The number of aromatic hydroxyl groups is 1. The number of anilines is 1. The number of hydrogen-bond donors (Lipinski definition) is 2. The fourth-order valence-electron chi connectivity index (χ4n) is 3.39. The molecule has 134 valence electrons. The zero-order valence-electron chi connectivity index (χ0n) is 14.7. The van der Waals surface area contributed by atoms with Gasteiger partial charge in [0.05, 0.1) is 17.9 Å². The van der Waals surface area contributed by atoms with E-state index in [0.29, 0.717) is 23.1 Å². The van der Waals surface area contributed by atoms with Crippen molar-refractivity contribution in [1.82, 2.24) is 24.9 Å². The normalized spacial score (nSPS) is 16.0. The van der Waals surface area contributed by atoms with Crippen LogP contribution in [0.3, 0.4) is 0 Å². The second-order valence-corrected chi connectivity index (χ2v) is 6.79. The smallest absolute Gasteiger partial charge is 0.154 e. The van der Waals surface area contributed by atoms with Gasteiger partial charge in [-0.15, -0.1) is 10.2 Å². The SMILES string of the molecule is CN1CCC(n2cc(-c3cc(-c4ccccc4O)nnc3N)cn2)CC1. The van der Waals surface area contributed by atoms with Crippen LogP contribution in [0.25, 0.3) is 22.4 Å². The summed E-state index contributed by atoms with van der Waals surface area (Å²) < 4.78 is 2.03. The van der Waals surface area contributed by atoms with Gasteiger partial charge in [-0.1, -0.05) is 12.1 Å². The molecule has 0 bridgehead atoms. The van der Waals surface area contributed by atoms with Crippen LogP contribution in [0.5, 0.6) is 5.75 Å². The standard InChI is InChI=1S/C19H22N6O/c1-24-8-6-14(7-9-24)25-12-13(11-21-25)16-10-17(22-23-19(16)20)15-4-2-3-5-18(15)26/h2-5,10-12,14,26H,6-9H2,1H3,(H2,20,23). The molecule has 3 N–H and O–H groups in total. The van der Waals surface area contributed by atoms with Gasteiger partial charge in [0.2, 0.25) is 0 Å². The number of phenolic OH excluding ortho intramolecular Hbond substituents is 1. The van der Waals surface area contributed by atoms with E-state index in [1.165, 1.54) is 0 Å². The highest BCUT2D eigenvalue weighted by Gasteiger charge is 2.20. The summed E-state index contributed by atoms with van der Waals surface area (Å²) in [4.78, 5) is 2.34. The predicted molar refractivity (Wildman–Crippen MR) is 101 cm³/mol. The van der Waals surface area contributed by atoms with E-state index < -0.39 is 0 Å². The lowest BCUT2D eigenvalue weighted by Crippen LogP contribution is -2.31. The summed E-state index contributed by atoms with van der Waals surface area (Å²) in [6, 6.07) is 9.33. The van der Waals surface area contributed by atoms with Crippen molar-refractivity contribution >= 4 is 5.82 Å². The highest BCUT2D eigenvalue weighted by atomic mass is 16.3. The molecule has 0 aliphatic carbocycles. The first-order valence-corrected chi connectivity index (χ1v) is 8.76. The minimum absolute atomic E-state index is 0.166. The second kappa shape index (κ2) is 6.76. The van der Waals surface area contributed by atoms with Crippen molar-refractivity contribution in [3.8, 4) is 28.1 Å². The number of rotatable bonds is 3.